The summed E-state index contributed by atoms with van der Waals surface area (Å²) in [5.74, 6) is 1.95. The number of anilines is 1. The summed E-state index contributed by atoms with van der Waals surface area (Å²) < 4.78 is 21.4. The zero-order chi connectivity index (χ0) is 17.1. The summed E-state index contributed by atoms with van der Waals surface area (Å²) in [6.07, 6.45) is -0.728. The topological polar surface area (TPSA) is 66.0 Å². The third-order valence-corrected chi connectivity index (χ3v) is 3.68. The third-order valence-electron chi connectivity index (χ3n) is 3.45. The van der Waals surface area contributed by atoms with Gasteiger partial charge in [0.1, 0.15) is 11.5 Å². The van der Waals surface area contributed by atoms with Crippen molar-refractivity contribution in [3.05, 3.63) is 41.4 Å². The maximum absolute atomic E-state index is 12.3. The Hall–Kier alpha value is -2.60. The second kappa shape index (κ2) is 6.88. The smallest absolute Gasteiger partial charge is 0.265 e. The number of fused-ring (bicyclic) bond motifs is 1. The highest BCUT2D eigenvalue weighted by Gasteiger charge is 2.19. The van der Waals surface area contributed by atoms with Gasteiger partial charge in [0.05, 0.1) is 12.8 Å². The van der Waals surface area contributed by atoms with E-state index in [0.29, 0.717) is 33.7 Å². The van der Waals surface area contributed by atoms with Crippen LogP contribution in [0.1, 0.15) is 6.92 Å². The fourth-order valence-corrected chi connectivity index (χ4v) is 2.39. The maximum Gasteiger partial charge on any atom is 0.265 e. The molecule has 0 saturated carbocycles. The van der Waals surface area contributed by atoms with E-state index in [1.54, 1.807) is 43.3 Å². The Balaban J connectivity index is 1.68. The molecule has 126 valence electrons. The van der Waals surface area contributed by atoms with Crippen molar-refractivity contribution in [1.29, 1.82) is 0 Å². The van der Waals surface area contributed by atoms with Gasteiger partial charge in [0, 0.05) is 11.1 Å². The molecule has 2 aromatic rings. The van der Waals surface area contributed by atoms with Crippen LogP contribution in [0.15, 0.2) is 36.4 Å². The molecule has 0 unspecified atom stereocenters. The molecule has 0 aliphatic carbocycles. The van der Waals surface area contributed by atoms with E-state index in [1.807, 2.05) is 0 Å². The van der Waals surface area contributed by atoms with E-state index >= 15 is 0 Å². The monoisotopic (exact) mass is 349 g/mol. The van der Waals surface area contributed by atoms with Crippen molar-refractivity contribution in [2.24, 2.45) is 0 Å². The average Bonchev–Trinajstić information content (AvgIpc) is 3.02. The highest BCUT2D eigenvalue weighted by molar-refractivity contribution is 6.31. The van der Waals surface area contributed by atoms with Crippen LogP contribution in [0.25, 0.3) is 0 Å². The van der Waals surface area contributed by atoms with E-state index in [1.165, 1.54) is 7.11 Å². The van der Waals surface area contributed by atoms with E-state index in [2.05, 4.69) is 5.32 Å². The molecule has 6 nitrogen and oxygen atoms in total. The maximum atomic E-state index is 12.3. The van der Waals surface area contributed by atoms with Crippen molar-refractivity contribution in [3.63, 3.8) is 0 Å². The molecule has 0 saturated heterocycles. The fourth-order valence-electron chi connectivity index (χ4n) is 2.22. The Labute approximate surface area is 144 Å². The molecule has 1 atom stereocenters. The molecule has 0 spiro atoms. The van der Waals surface area contributed by atoms with Gasteiger partial charge < -0.3 is 24.3 Å². The first-order valence-electron chi connectivity index (χ1n) is 7.27. The molecule has 1 N–H and O–H groups in total. The molecule has 1 aliphatic rings. The summed E-state index contributed by atoms with van der Waals surface area (Å²) in [5, 5.41) is 3.24. The van der Waals surface area contributed by atoms with Gasteiger partial charge in [-0.05, 0) is 37.3 Å². The zero-order valence-corrected chi connectivity index (χ0v) is 13.9. The van der Waals surface area contributed by atoms with Gasteiger partial charge in [-0.2, -0.15) is 0 Å². The van der Waals surface area contributed by atoms with Gasteiger partial charge in [0.2, 0.25) is 6.79 Å². The molecule has 1 heterocycles. The molecule has 3 rings (SSSR count). The molecule has 1 amide bonds. The van der Waals surface area contributed by atoms with E-state index in [9.17, 15) is 4.79 Å². The van der Waals surface area contributed by atoms with Crippen molar-refractivity contribution in [1.82, 2.24) is 0 Å². The highest BCUT2D eigenvalue weighted by atomic mass is 35.5. The van der Waals surface area contributed by atoms with Crippen LogP contribution in [0, 0.1) is 0 Å². The molecule has 2 aromatic carbocycles. The minimum Gasteiger partial charge on any atom is -0.495 e. The Kier molecular flexibility index (Phi) is 4.66. The number of rotatable bonds is 5. The number of hydrogen-bond acceptors (Lipinski definition) is 5. The average molecular weight is 350 g/mol. The molecular weight excluding hydrogens is 334 g/mol. The molecule has 0 fully saturated rings. The first-order chi connectivity index (χ1) is 11.6. The molecule has 0 radical (unpaired) electrons. The van der Waals surface area contributed by atoms with Crippen molar-refractivity contribution < 1.29 is 23.7 Å². The number of ether oxygens (including phenoxy) is 4. The second-order valence-electron chi connectivity index (χ2n) is 5.11. The summed E-state index contributed by atoms with van der Waals surface area (Å²) in [4.78, 5) is 12.3. The number of carbonyl (C=O) groups is 1. The zero-order valence-electron chi connectivity index (χ0n) is 13.2. The predicted molar refractivity (Wildman–Crippen MR) is 89.3 cm³/mol. The molecule has 0 bridgehead atoms. The SMILES string of the molecule is COc1ccc(Cl)cc1NC(=O)[C@H](C)Oc1ccc2c(c1)OCO2. The normalized spacial score (nSPS) is 13.3. The number of nitrogens with one attached hydrogen (secondary N) is 1. The van der Waals surface area contributed by atoms with Gasteiger partial charge in [0.15, 0.2) is 17.6 Å². The van der Waals surface area contributed by atoms with Gasteiger partial charge in [-0.25, -0.2) is 0 Å². The third kappa shape index (κ3) is 3.49. The van der Waals surface area contributed by atoms with Crippen LogP contribution in [0.3, 0.4) is 0 Å². The van der Waals surface area contributed by atoms with Crippen LogP contribution in [0.5, 0.6) is 23.0 Å². The number of hydrogen-bond donors (Lipinski definition) is 1. The highest BCUT2D eigenvalue weighted by Crippen LogP contribution is 2.35. The standard InChI is InChI=1S/C17H16ClNO5/c1-10(24-12-4-6-15-16(8-12)23-9-22-15)17(20)19-13-7-11(18)3-5-14(13)21-2/h3-8,10H,9H2,1-2H3,(H,19,20)/t10-/m0/s1. The lowest BCUT2D eigenvalue weighted by atomic mass is 10.2. The summed E-state index contributed by atoms with van der Waals surface area (Å²) in [5.41, 5.74) is 0.483. The molecule has 0 aromatic heterocycles. The summed E-state index contributed by atoms with van der Waals surface area (Å²) in [7, 11) is 1.52. The van der Waals surface area contributed by atoms with Crippen molar-refractivity contribution >= 4 is 23.2 Å². The first kappa shape index (κ1) is 16.3. The second-order valence-corrected chi connectivity index (χ2v) is 5.55. The number of amides is 1. The minimum absolute atomic E-state index is 0.184. The number of carbonyl (C=O) groups excluding carboxylic acids is 1. The lowest BCUT2D eigenvalue weighted by molar-refractivity contribution is -0.122. The van der Waals surface area contributed by atoms with Crippen LogP contribution < -0.4 is 24.3 Å². The lowest BCUT2D eigenvalue weighted by Gasteiger charge is -2.16. The van der Waals surface area contributed by atoms with Crippen molar-refractivity contribution in [2.45, 2.75) is 13.0 Å². The Morgan fingerprint density at radius 1 is 1.21 bits per heavy atom. The number of methoxy groups -OCH3 is 1. The summed E-state index contributed by atoms with van der Waals surface area (Å²) >= 11 is 5.96. The molecule has 24 heavy (non-hydrogen) atoms. The van der Waals surface area contributed by atoms with Gasteiger partial charge in [-0.3, -0.25) is 4.79 Å². The van der Waals surface area contributed by atoms with Crippen LogP contribution in [0.2, 0.25) is 5.02 Å². The van der Waals surface area contributed by atoms with Crippen molar-refractivity contribution in [3.8, 4) is 23.0 Å². The largest absolute Gasteiger partial charge is 0.495 e. The van der Waals surface area contributed by atoms with Crippen LogP contribution >= 0.6 is 11.6 Å². The quantitative estimate of drug-likeness (QED) is 0.895. The minimum atomic E-state index is -0.728. The van der Waals surface area contributed by atoms with Crippen LogP contribution in [0.4, 0.5) is 5.69 Å². The fraction of sp³-hybridized carbons (Fsp3) is 0.235. The number of benzene rings is 2. The Morgan fingerprint density at radius 3 is 2.79 bits per heavy atom. The van der Waals surface area contributed by atoms with Gasteiger partial charge in [-0.15, -0.1) is 0 Å². The van der Waals surface area contributed by atoms with Gasteiger partial charge in [0.25, 0.3) is 5.91 Å². The van der Waals surface area contributed by atoms with Crippen molar-refractivity contribution in [2.75, 3.05) is 19.2 Å². The number of halogens is 1. The molecule has 7 heteroatoms. The van der Waals surface area contributed by atoms with E-state index in [-0.39, 0.29) is 12.7 Å². The predicted octanol–water partition coefficient (Wildman–Crippen LogP) is 3.48. The van der Waals surface area contributed by atoms with Gasteiger partial charge >= 0.3 is 0 Å². The van der Waals surface area contributed by atoms with E-state index in [0.717, 1.165) is 0 Å². The first-order valence-corrected chi connectivity index (χ1v) is 7.65. The van der Waals surface area contributed by atoms with E-state index < -0.39 is 6.10 Å². The molecule has 1 aliphatic heterocycles. The van der Waals surface area contributed by atoms with E-state index in [4.69, 9.17) is 30.5 Å². The van der Waals surface area contributed by atoms with Crippen LogP contribution in [-0.4, -0.2) is 25.9 Å². The lowest BCUT2D eigenvalue weighted by Crippen LogP contribution is -2.30. The molecular formula is C17H16ClNO5. The Bertz CT molecular complexity index is 765. The Morgan fingerprint density at radius 2 is 2.00 bits per heavy atom. The summed E-state index contributed by atoms with van der Waals surface area (Å²) in [6.45, 7) is 1.83. The van der Waals surface area contributed by atoms with Gasteiger partial charge in [-0.1, -0.05) is 11.6 Å². The summed E-state index contributed by atoms with van der Waals surface area (Å²) in [6, 6.07) is 10.1. The van der Waals surface area contributed by atoms with Crippen LogP contribution in [-0.2, 0) is 4.79 Å².